The summed E-state index contributed by atoms with van der Waals surface area (Å²) in [7, 11) is 0. The highest BCUT2D eigenvalue weighted by Gasteiger charge is 2.32. The van der Waals surface area contributed by atoms with Crippen molar-refractivity contribution in [2.24, 2.45) is 5.92 Å². The second kappa shape index (κ2) is 6.75. The maximum Gasteiger partial charge on any atom is 0.281 e. The maximum absolute atomic E-state index is 12.9. The molecule has 0 spiro atoms. The van der Waals surface area contributed by atoms with Crippen LogP contribution in [0.4, 0.5) is 4.39 Å². The van der Waals surface area contributed by atoms with Gasteiger partial charge < -0.3 is 14.7 Å². The van der Waals surface area contributed by atoms with Crippen LogP contribution in [0.1, 0.15) is 0 Å². The number of carbonyl (C=O) groups is 1. The number of likely N-dealkylation sites (tertiary alicyclic amines) is 1. The highest BCUT2D eigenvalue weighted by molar-refractivity contribution is 5.91. The molecule has 1 amide bonds. The van der Waals surface area contributed by atoms with E-state index >= 15 is 0 Å². The van der Waals surface area contributed by atoms with Crippen molar-refractivity contribution in [1.29, 1.82) is 0 Å². The average molecular weight is 367 g/mol. The molecule has 4 rings (SSSR count). The molecule has 2 aromatic carbocycles. The van der Waals surface area contributed by atoms with E-state index in [-0.39, 0.29) is 11.7 Å². The summed E-state index contributed by atoms with van der Waals surface area (Å²) in [5.41, 5.74) is 2.71. The Balaban J connectivity index is 1.50. The summed E-state index contributed by atoms with van der Waals surface area (Å²) in [4.78, 5) is 12.9. The fourth-order valence-electron chi connectivity index (χ4n) is 3.18. The standard InChI is InChI=1S/C20H18FN3O3/c1-12(21)20(26)24-9-13(10-24)11-27-19-7-15(6-18-17(19)8-22-23-18)14-2-4-16(25)5-3-14/h2-8,13,25H,1,9-11H2,(H,22,23). The monoisotopic (exact) mass is 367 g/mol. The molecule has 1 aliphatic rings. The quantitative estimate of drug-likeness (QED) is 0.679. The Morgan fingerprint density at radius 1 is 1.30 bits per heavy atom. The Kier molecular flexibility index (Phi) is 4.27. The Bertz CT molecular complexity index is 1010. The SMILES string of the molecule is C=C(F)C(=O)N1CC(COc2cc(-c3ccc(O)cc3)cc3[nH]ncc23)C1. The van der Waals surface area contributed by atoms with E-state index in [1.165, 1.54) is 4.90 Å². The maximum atomic E-state index is 12.9. The van der Waals surface area contributed by atoms with E-state index in [2.05, 4.69) is 16.8 Å². The minimum absolute atomic E-state index is 0.146. The summed E-state index contributed by atoms with van der Waals surface area (Å²) in [5.74, 6) is -0.552. The molecule has 1 aliphatic heterocycles. The number of hydrogen-bond acceptors (Lipinski definition) is 4. The predicted octanol–water partition coefficient (Wildman–Crippen LogP) is 3.26. The summed E-state index contributed by atoms with van der Waals surface area (Å²) in [6, 6.07) is 10.8. The lowest BCUT2D eigenvalue weighted by molar-refractivity contribution is -0.135. The third kappa shape index (κ3) is 3.36. The molecule has 0 aliphatic carbocycles. The van der Waals surface area contributed by atoms with Crippen LogP contribution in [-0.4, -0.2) is 45.8 Å². The zero-order valence-electron chi connectivity index (χ0n) is 14.5. The normalized spacial score (nSPS) is 14.2. The van der Waals surface area contributed by atoms with Gasteiger partial charge in [0.1, 0.15) is 11.5 Å². The summed E-state index contributed by atoms with van der Waals surface area (Å²) in [5, 5.41) is 17.4. The van der Waals surface area contributed by atoms with E-state index in [4.69, 9.17) is 4.74 Å². The molecule has 1 aromatic heterocycles. The zero-order valence-corrected chi connectivity index (χ0v) is 14.5. The summed E-state index contributed by atoms with van der Waals surface area (Å²) >= 11 is 0. The molecule has 0 unspecified atom stereocenters. The van der Waals surface area contributed by atoms with Gasteiger partial charge in [-0.3, -0.25) is 9.89 Å². The van der Waals surface area contributed by atoms with Crippen molar-refractivity contribution >= 4 is 16.8 Å². The zero-order chi connectivity index (χ0) is 19.0. The molecule has 2 N–H and O–H groups in total. The number of aromatic nitrogens is 2. The fourth-order valence-corrected chi connectivity index (χ4v) is 3.18. The number of phenolic OH excluding ortho intramolecular Hbond substituents is 1. The van der Waals surface area contributed by atoms with Gasteiger partial charge in [0.2, 0.25) is 0 Å². The van der Waals surface area contributed by atoms with Crippen molar-refractivity contribution in [1.82, 2.24) is 15.1 Å². The first-order valence-electron chi connectivity index (χ1n) is 8.54. The van der Waals surface area contributed by atoms with Crippen LogP contribution in [0, 0.1) is 5.92 Å². The Hall–Kier alpha value is -3.35. The third-order valence-electron chi connectivity index (χ3n) is 4.67. The lowest BCUT2D eigenvalue weighted by Crippen LogP contribution is -2.52. The number of halogens is 1. The first-order chi connectivity index (χ1) is 13.0. The van der Waals surface area contributed by atoms with Crippen molar-refractivity contribution in [3.05, 3.63) is 55.0 Å². The van der Waals surface area contributed by atoms with Crippen molar-refractivity contribution in [3.8, 4) is 22.6 Å². The van der Waals surface area contributed by atoms with E-state index < -0.39 is 11.7 Å². The first-order valence-corrected chi connectivity index (χ1v) is 8.54. The molecular weight excluding hydrogens is 349 g/mol. The molecular formula is C20H18FN3O3. The number of carbonyl (C=O) groups excluding carboxylic acids is 1. The number of rotatable bonds is 5. The summed E-state index contributed by atoms with van der Waals surface area (Å²) in [6.07, 6.45) is 1.70. The van der Waals surface area contributed by atoms with Crippen molar-refractivity contribution < 1.29 is 19.0 Å². The molecule has 6 nitrogen and oxygen atoms in total. The minimum Gasteiger partial charge on any atom is -0.508 e. The summed E-state index contributed by atoms with van der Waals surface area (Å²) in [6.45, 7) is 4.36. The van der Waals surface area contributed by atoms with E-state index in [0.29, 0.717) is 25.4 Å². The molecule has 138 valence electrons. The topological polar surface area (TPSA) is 78.5 Å². The second-order valence-corrected chi connectivity index (χ2v) is 6.64. The third-order valence-corrected chi connectivity index (χ3v) is 4.67. The van der Waals surface area contributed by atoms with Crippen molar-refractivity contribution in [2.75, 3.05) is 19.7 Å². The van der Waals surface area contributed by atoms with Gasteiger partial charge in [-0.05, 0) is 35.4 Å². The minimum atomic E-state index is -0.934. The fraction of sp³-hybridized carbons (Fsp3) is 0.200. The number of nitrogens with zero attached hydrogens (tertiary/aromatic N) is 2. The smallest absolute Gasteiger partial charge is 0.281 e. The largest absolute Gasteiger partial charge is 0.508 e. The predicted molar refractivity (Wildman–Crippen MR) is 99.0 cm³/mol. The number of hydrogen-bond donors (Lipinski definition) is 2. The number of aromatic amines is 1. The number of phenols is 1. The van der Waals surface area contributed by atoms with Gasteiger partial charge in [0, 0.05) is 19.0 Å². The highest BCUT2D eigenvalue weighted by Crippen LogP contribution is 2.33. The number of nitrogens with one attached hydrogen (secondary N) is 1. The average Bonchev–Trinajstić information content (AvgIpc) is 3.09. The van der Waals surface area contributed by atoms with Gasteiger partial charge in [0.05, 0.1) is 23.7 Å². The Morgan fingerprint density at radius 3 is 2.74 bits per heavy atom. The second-order valence-electron chi connectivity index (χ2n) is 6.64. The molecule has 1 fully saturated rings. The lowest BCUT2D eigenvalue weighted by atomic mass is 10.0. The lowest BCUT2D eigenvalue weighted by Gasteiger charge is -2.38. The van der Waals surface area contributed by atoms with Crippen LogP contribution in [-0.2, 0) is 4.79 Å². The van der Waals surface area contributed by atoms with E-state index in [9.17, 15) is 14.3 Å². The van der Waals surface area contributed by atoms with Gasteiger partial charge in [-0.2, -0.15) is 5.10 Å². The van der Waals surface area contributed by atoms with Crippen LogP contribution in [0.3, 0.4) is 0 Å². The molecule has 27 heavy (non-hydrogen) atoms. The van der Waals surface area contributed by atoms with Crippen LogP contribution in [0.25, 0.3) is 22.0 Å². The van der Waals surface area contributed by atoms with Gasteiger partial charge in [-0.15, -0.1) is 0 Å². The van der Waals surface area contributed by atoms with Crippen LogP contribution >= 0.6 is 0 Å². The van der Waals surface area contributed by atoms with E-state index in [1.54, 1.807) is 18.3 Å². The molecule has 0 bridgehead atoms. The number of benzene rings is 2. The van der Waals surface area contributed by atoms with Crippen LogP contribution in [0.5, 0.6) is 11.5 Å². The van der Waals surface area contributed by atoms with Crippen LogP contribution in [0.15, 0.2) is 55.0 Å². The molecule has 2 heterocycles. The number of amides is 1. The molecule has 0 saturated carbocycles. The molecule has 7 heteroatoms. The van der Waals surface area contributed by atoms with Crippen molar-refractivity contribution in [2.45, 2.75) is 0 Å². The number of fused-ring (bicyclic) bond motifs is 1. The van der Waals surface area contributed by atoms with Gasteiger partial charge in [0.25, 0.3) is 5.91 Å². The van der Waals surface area contributed by atoms with E-state index in [0.717, 1.165) is 22.0 Å². The molecule has 1 saturated heterocycles. The van der Waals surface area contributed by atoms with Gasteiger partial charge >= 0.3 is 0 Å². The van der Waals surface area contributed by atoms with Crippen LogP contribution < -0.4 is 4.74 Å². The first kappa shape index (κ1) is 17.1. The Morgan fingerprint density at radius 2 is 2.04 bits per heavy atom. The number of ether oxygens (including phenoxy) is 1. The highest BCUT2D eigenvalue weighted by atomic mass is 19.1. The number of aromatic hydroxyl groups is 1. The Labute approximate surface area is 154 Å². The van der Waals surface area contributed by atoms with Gasteiger partial charge in [-0.1, -0.05) is 18.7 Å². The molecule has 0 radical (unpaired) electrons. The van der Waals surface area contributed by atoms with E-state index in [1.807, 2.05) is 24.3 Å². The molecule has 3 aromatic rings. The number of H-pyrrole nitrogens is 1. The summed E-state index contributed by atoms with van der Waals surface area (Å²) < 4.78 is 18.9. The van der Waals surface area contributed by atoms with Gasteiger partial charge in [-0.25, -0.2) is 4.39 Å². The molecule has 0 atom stereocenters. The van der Waals surface area contributed by atoms with Gasteiger partial charge in [0.15, 0.2) is 5.83 Å². The van der Waals surface area contributed by atoms with Crippen LogP contribution in [0.2, 0.25) is 0 Å². The van der Waals surface area contributed by atoms with Crippen molar-refractivity contribution in [3.63, 3.8) is 0 Å².